The van der Waals surface area contributed by atoms with E-state index in [4.69, 9.17) is 10.5 Å². The summed E-state index contributed by atoms with van der Waals surface area (Å²) in [6.45, 7) is 8.55. The Hall–Kier alpha value is -1.06. The first-order valence-electron chi connectivity index (χ1n) is 7.82. The number of hydrogen-bond acceptors (Lipinski definition) is 3. The van der Waals surface area contributed by atoms with Crippen molar-refractivity contribution in [2.45, 2.75) is 39.2 Å². The molecular formula is C17H28N2O. The van der Waals surface area contributed by atoms with Crippen molar-refractivity contribution >= 4 is 0 Å². The van der Waals surface area contributed by atoms with Crippen LogP contribution in [0.15, 0.2) is 24.3 Å². The van der Waals surface area contributed by atoms with Crippen LogP contribution < -0.4 is 10.5 Å². The molecule has 0 saturated carbocycles. The highest BCUT2D eigenvalue weighted by Crippen LogP contribution is 2.19. The lowest BCUT2D eigenvalue weighted by molar-refractivity contribution is 0.161. The summed E-state index contributed by atoms with van der Waals surface area (Å²) in [6, 6.07) is 8.61. The molecule has 3 heteroatoms. The minimum absolute atomic E-state index is 0.349. The molecule has 0 aliphatic carbocycles. The maximum atomic E-state index is 5.97. The smallest absolute Gasteiger partial charge is 0.119 e. The molecule has 1 fully saturated rings. The van der Waals surface area contributed by atoms with Crippen molar-refractivity contribution in [3.05, 3.63) is 29.8 Å². The normalized spacial score (nSPS) is 18.9. The fourth-order valence-electron chi connectivity index (χ4n) is 2.89. The summed E-state index contributed by atoms with van der Waals surface area (Å²) in [4.78, 5) is 2.54. The Kier molecular flexibility index (Phi) is 5.86. The topological polar surface area (TPSA) is 38.5 Å². The molecule has 1 aliphatic heterocycles. The Bertz CT molecular complexity index is 398. The van der Waals surface area contributed by atoms with Crippen LogP contribution in [-0.2, 0) is 0 Å². The van der Waals surface area contributed by atoms with E-state index in [-0.39, 0.29) is 0 Å². The SMILES string of the molecule is Cc1cccc(OCCCN2CCC(C(C)N)CC2)c1. The van der Waals surface area contributed by atoms with Crippen LogP contribution in [-0.4, -0.2) is 37.2 Å². The molecule has 0 radical (unpaired) electrons. The molecule has 3 nitrogen and oxygen atoms in total. The number of hydrogen-bond donors (Lipinski definition) is 1. The molecule has 1 saturated heterocycles. The molecule has 2 N–H and O–H groups in total. The molecule has 1 aromatic carbocycles. The summed E-state index contributed by atoms with van der Waals surface area (Å²) >= 11 is 0. The Morgan fingerprint density at radius 3 is 2.75 bits per heavy atom. The highest BCUT2D eigenvalue weighted by molar-refractivity contribution is 5.27. The molecule has 0 bridgehead atoms. The van der Waals surface area contributed by atoms with Crippen molar-refractivity contribution in [2.24, 2.45) is 11.7 Å². The van der Waals surface area contributed by atoms with Gasteiger partial charge in [-0.05, 0) is 69.8 Å². The van der Waals surface area contributed by atoms with E-state index in [1.54, 1.807) is 0 Å². The molecular weight excluding hydrogens is 248 g/mol. The second-order valence-corrected chi connectivity index (χ2v) is 6.06. The van der Waals surface area contributed by atoms with E-state index in [1.165, 1.54) is 31.5 Å². The third-order valence-electron chi connectivity index (χ3n) is 4.25. The summed E-state index contributed by atoms with van der Waals surface area (Å²) in [5.41, 5.74) is 7.22. The average Bonchev–Trinajstić information content (AvgIpc) is 2.44. The van der Waals surface area contributed by atoms with E-state index < -0.39 is 0 Å². The highest BCUT2D eigenvalue weighted by Gasteiger charge is 2.21. The standard InChI is InChI=1S/C17H28N2O/c1-14-5-3-6-17(13-14)20-12-4-9-19-10-7-16(8-11-19)15(2)18/h3,5-6,13,15-16H,4,7-12,18H2,1-2H3. The van der Waals surface area contributed by atoms with Crippen molar-refractivity contribution in [1.29, 1.82) is 0 Å². The zero-order valence-electron chi connectivity index (χ0n) is 12.8. The Morgan fingerprint density at radius 1 is 1.35 bits per heavy atom. The number of nitrogens with zero attached hydrogens (tertiary/aromatic N) is 1. The average molecular weight is 276 g/mol. The van der Waals surface area contributed by atoms with Crippen molar-refractivity contribution in [3.8, 4) is 5.75 Å². The largest absolute Gasteiger partial charge is 0.494 e. The van der Waals surface area contributed by atoms with Gasteiger partial charge in [0.15, 0.2) is 0 Å². The lowest BCUT2D eigenvalue weighted by atomic mass is 9.91. The van der Waals surface area contributed by atoms with Crippen LogP contribution in [0, 0.1) is 12.8 Å². The first kappa shape index (κ1) is 15.3. The van der Waals surface area contributed by atoms with E-state index in [1.807, 2.05) is 12.1 Å². The zero-order valence-corrected chi connectivity index (χ0v) is 12.8. The van der Waals surface area contributed by atoms with E-state index in [9.17, 15) is 0 Å². The van der Waals surface area contributed by atoms with Crippen LogP contribution in [0.25, 0.3) is 0 Å². The van der Waals surface area contributed by atoms with Crippen molar-refractivity contribution in [1.82, 2.24) is 4.90 Å². The number of benzene rings is 1. The molecule has 1 unspecified atom stereocenters. The summed E-state index contributed by atoms with van der Waals surface area (Å²) in [6.07, 6.45) is 3.59. The van der Waals surface area contributed by atoms with Gasteiger partial charge in [0.25, 0.3) is 0 Å². The van der Waals surface area contributed by atoms with Crippen molar-refractivity contribution in [3.63, 3.8) is 0 Å². The maximum absolute atomic E-state index is 5.97. The highest BCUT2D eigenvalue weighted by atomic mass is 16.5. The second kappa shape index (κ2) is 7.65. The van der Waals surface area contributed by atoms with Gasteiger partial charge in [-0.1, -0.05) is 12.1 Å². The molecule has 1 heterocycles. The van der Waals surface area contributed by atoms with Crippen LogP contribution in [0.3, 0.4) is 0 Å². The molecule has 1 aromatic rings. The number of nitrogens with two attached hydrogens (primary N) is 1. The van der Waals surface area contributed by atoms with Crippen LogP contribution in [0.4, 0.5) is 0 Å². The van der Waals surface area contributed by atoms with Gasteiger partial charge in [-0.2, -0.15) is 0 Å². The van der Waals surface area contributed by atoms with Gasteiger partial charge in [0.1, 0.15) is 5.75 Å². The Balaban J connectivity index is 1.60. The molecule has 1 aliphatic rings. The van der Waals surface area contributed by atoms with Gasteiger partial charge in [0.05, 0.1) is 6.61 Å². The number of aryl methyl sites for hydroxylation is 1. The molecule has 0 amide bonds. The lowest BCUT2D eigenvalue weighted by Crippen LogP contribution is -2.40. The fraction of sp³-hybridized carbons (Fsp3) is 0.647. The second-order valence-electron chi connectivity index (χ2n) is 6.06. The minimum Gasteiger partial charge on any atom is -0.494 e. The van der Waals surface area contributed by atoms with Crippen LogP contribution in [0.2, 0.25) is 0 Å². The van der Waals surface area contributed by atoms with Crippen LogP contribution in [0.1, 0.15) is 31.7 Å². The van der Waals surface area contributed by atoms with Crippen molar-refractivity contribution < 1.29 is 4.74 Å². The number of piperidine rings is 1. The van der Waals surface area contributed by atoms with Gasteiger partial charge in [0.2, 0.25) is 0 Å². The quantitative estimate of drug-likeness (QED) is 0.812. The molecule has 0 aromatic heterocycles. The Labute approximate surface area is 123 Å². The van der Waals surface area contributed by atoms with Gasteiger partial charge in [0, 0.05) is 12.6 Å². The monoisotopic (exact) mass is 276 g/mol. The predicted octanol–water partition coefficient (Wildman–Crippen LogP) is 2.82. The number of rotatable bonds is 6. The fourth-order valence-corrected chi connectivity index (χ4v) is 2.89. The molecule has 2 rings (SSSR count). The predicted molar refractivity (Wildman–Crippen MR) is 84.1 cm³/mol. The number of ether oxygens (including phenoxy) is 1. The Morgan fingerprint density at radius 2 is 2.10 bits per heavy atom. The number of likely N-dealkylation sites (tertiary alicyclic amines) is 1. The van der Waals surface area contributed by atoms with E-state index in [2.05, 4.69) is 30.9 Å². The van der Waals surface area contributed by atoms with Crippen molar-refractivity contribution in [2.75, 3.05) is 26.2 Å². The van der Waals surface area contributed by atoms with E-state index in [0.29, 0.717) is 6.04 Å². The zero-order chi connectivity index (χ0) is 14.4. The van der Waals surface area contributed by atoms with Gasteiger partial charge in [-0.25, -0.2) is 0 Å². The summed E-state index contributed by atoms with van der Waals surface area (Å²) in [5.74, 6) is 1.70. The summed E-state index contributed by atoms with van der Waals surface area (Å²) in [5, 5.41) is 0. The van der Waals surface area contributed by atoms with Gasteiger partial charge < -0.3 is 15.4 Å². The molecule has 20 heavy (non-hydrogen) atoms. The van der Waals surface area contributed by atoms with Gasteiger partial charge in [-0.15, -0.1) is 0 Å². The summed E-state index contributed by atoms with van der Waals surface area (Å²) in [7, 11) is 0. The minimum atomic E-state index is 0.349. The molecule has 112 valence electrons. The van der Waals surface area contributed by atoms with Gasteiger partial charge >= 0.3 is 0 Å². The maximum Gasteiger partial charge on any atom is 0.119 e. The van der Waals surface area contributed by atoms with E-state index >= 15 is 0 Å². The van der Waals surface area contributed by atoms with E-state index in [0.717, 1.165) is 31.2 Å². The lowest BCUT2D eigenvalue weighted by Gasteiger charge is -2.33. The third-order valence-corrected chi connectivity index (χ3v) is 4.25. The first-order valence-corrected chi connectivity index (χ1v) is 7.82. The summed E-state index contributed by atoms with van der Waals surface area (Å²) < 4.78 is 5.79. The van der Waals surface area contributed by atoms with Crippen LogP contribution in [0.5, 0.6) is 5.75 Å². The first-order chi connectivity index (χ1) is 9.65. The molecule has 0 spiro atoms. The van der Waals surface area contributed by atoms with Gasteiger partial charge in [-0.3, -0.25) is 0 Å². The molecule has 1 atom stereocenters. The van der Waals surface area contributed by atoms with Crippen LogP contribution >= 0.6 is 0 Å². The third kappa shape index (κ3) is 4.80.